The van der Waals surface area contributed by atoms with Gasteiger partial charge in [-0.3, -0.25) is 21.2 Å². The van der Waals surface area contributed by atoms with E-state index in [0.717, 1.165) is 17.9 Å². The summed E-state index contributed by atoms with van der Waals surface area (Å²) in [6, 6.07) is 8.02. The van der Waals surface area contributed by atoms with E-state index in [0.29, 0.717) is 6.61 Å². The summed E-state index contributed by atoms with van der Waals surface area (Å²) in [6.07, 6.45) is 6.00. The maximum Gasteiger partial charge on any atom is 0.122 e. The highest BCUT2D eigenvalue weighted by atomic mass is 16.5. The van der Waals surface area contributed by atoms with Crippen LogP contribution in [0.4, 0.5) is 0 Å². The Bertz CT molecular complexity index is 546. The van der Waals surface area contributed by atoms with Gasteiger partial charge >= 0.3 is 0 Å². The summed E-state index contributed by atoms with van der Waals surface area (Å²) < 4.78 is 5.68. The van der Waals surface area contributed by atoms with Crippen molar-refractivity contribution < 1.29 is 4.74 Å². The van der Waals surface area contributed by atoms with E-state index < -0.39 is 0 Å². The smallest absolute Gasteiger partial charge is 0.122 e. The van der Waals surface area contributed by atoms with E-state index >= 15 is 0 Å². The number of fused-ring (bicyclic) bond motifs is 1. The van der Waals surface area contributed by atoms with Crippen molar-refractivity contribution in [3.63, 3.8) is 0 Å². The summed E-state index contributed by atoms with van der Waals surface area (Å²) in [5, 5.41) is 0. The molecule has 0 amide bonds. The number of rotatable bonds is 3. The molecule has 2 atom stereocenters. The lowest BCUT2D eigenvalue weighted by molar-refractivity contribution is 0.245. The molecule has 0 fully saturated rings. The van der Waals surface area contributed by atoms with Crippen molar-refractivity contribution in [2.24, 2.45) is 5.84 Å². The minimum Gasteiger partial charge on any atom is -0.493 e. The minimum absolute atomic E-state index is 0.0567. The molecule has 2 heterocycles. The van der Waals surface area contributed by atoms with Gasteiger partial charge in [0.1, 0.15) is 5.75 Å². The van der Waals surface area contributed by atoms with Crippen molar-refractivity contribution in [3.8, 4) is 5.75 Å². The zero-order chi connectivity index (χ0) is 13.1. The topological polar surface area (TPSA) is 73.1 Å². The Morgan fingerprint density at radius 2 is 2.21 bits per heavy atom. The maximum atomic E-state index is 5.73. The van der Waals surface area contributed by atoms with Crippen LogP contribution in [0.15, 0.2) is 42.9 Å². The molecule has 2 aromatic rings. The first-order chi connectivity index (χ1) is 9.40. The van der Waals surface area contributed by atoms with E-state index in [2.05, 4.69) is 21.5 Å². The number of aromatic nitrogens is 2. The molecule has 3 rings (SSSR count). The van der Waals surface area contributed by atoms with Crippen LogP contribution >= 0.6 is 0 Å². The molecule has 5 heteroatoms. The number of para-hydroxylation sites is 1. The zero-order valence-corrected chi connectivity index (χ0v) is 10.5. The molecular weight excluding hydrogens is 240 g/mol. The highest BCUT2D eigenvalue weighted by Crippen LogP contribution is 2.40. The van der Waals surface area contributed by atoms with Crippen molar-refractivity contribution in [3.05, 3.63) is 54.1 Å². The van der Waals surface area contributed by atoms with Gasteiger partial charge in [0.15, 0.2) is 0 Å². The van der Waals surface area contributed by atoms with Crippen LogP contribution in [-0.2, 0) is 0 Å². The van der Waals surface area contributed by atoms with Gasteiger partial charge in [-0.2, -0.15) is 0 Å². The van der Waals surface area contributed by atoms with Crippen molar-refractivity contribution in [1.82, 2.24) is 15.4 Å². The molecule has 1 aliphatic rings. The normalized spacial score (nSPS) is 19.3. The van der Waals surface area contributed by atoms with Crippen LogP contribution in [0.2, 0.25) is 0 Å². The number of nitrogens with one attached hydrogen (secondary N) is 1. The molecule has 1 aliphatic heterocycles. The number of hydrazine groups is 1. The van der Waals surface area contributed by atoms with Gasteiger partial charge in [0.05, 0.1) is 24.5 Å². The summed E-state index contributed by atoms with van der Waals surface area (Å²) in [6.45, 7) is 0.695. The third-order valence-corrected chi connectivity index (χ3v) is 3.49. The van der Waals surface area contributed by atoms with Gasteiger partial charge in [-0.25, -0.2) is 0 Å². The zero-order valence-electron chi connectivity index (χ0n) is 10.5. The number of nitrogens with zero attached hydrogens (tertiary/aromatic N) is 2. The van der Waals surface area contributed by atoms with E-state index in [4.69, 9.17) is 10.6 Å². The van der Waals surface area contributed by atoms with Crippen molar-refractivity contribution >= 4 is 0 Å². The molecular formula is C14H16N4O. The van der Waals surface area contributed by atoms with Gasteiger partial charge < -0.3 is 4.74 Å². The Kier molecular flexibility index (Phi) is 3.39. The number of nitrogens with two attached hydrogens (primary N) is 1. The molecule has 0 radical (unpaired) electrons. The quantitative estimate of drug-likeness (QED) is 0.644. The van der Waals surface area contributed by atoms with Gasteiger partial charge in [0.2, 0.25) is 0 Å². The highest BCUT2D eigenvalue weighted by molar-refractivity contribution is 5.39. The molecule has 3 N–H and O–H groups in total. The van der Waals surface area contributed by atoms with Crippen LogP contribution in [0, 0.1) is 0 Å². The van der Waals surface area contributed by atoms with Crippen molar-refractivity contribution in [2.75, 3.05) is 6.61 Å². The molecule has 0 saturated heterocycles. The summed E-state index contributed by atoms with van der Waals surface area (Å²) in [5.41, 5.74) is 4.89. The average Bonchev–Trinajstić information content (AvgIpc) is 2.49. The van der Waals surface area contributed by atoms with Crippen LogP contribution in [0.3, 0.4) is 0 Å². The van der Waals surface area contributed by atoms with Gasteiger partial charge in [0, 0.05) is 18.3 Å². The molecule has 5 nitrogen and oxygen atoms in total. The fourth-order valence-corrected chi connectivity index (χ4v) is 2.59. The Labute approximate surface area is 111 Å². The fourth-order valence-electron chi connectivity index (χ4n) is 2.59. The maximum absolute atomic E-state index is 5.73. The first-order valence-electron chi connectivity index (χ1n) is 6.34. The second-order valence-electron chi connectivity index (χ2n) is 4.56. The highest BCUT2D eigenvalue weighted by Gasteiger charge is 2.30. The van der Waals surface area contributed by atoms with Gasteiger partial charge in [-0.1, -0.05) is 18.2 Å². The van der Waals surface area contributed by atoms with E-state index in [9.17, 15) is 0 Å². The van der Waals surface area contributed by atoms with Crippen LogP contribution in [-0.4, -0.2) is 16.6 Å². The van der Waals surface area contributed by atoms with Crippen LogP contribution in [0.5, 0.6) is 5.75 Å². The van der Waals surface area contributed by atoms with E-state index in [1.54, 1.807) is 18.6 Å². The van der Waals surface area contributed by atoms with Gasteiger partial charge in [-0.15, -0.1) is 0 Å². The first kappa shape index (κ1) is 12.1. The predicted molar refractivity (Wildman–Crippen MR) is 71.4 cm³/mol. The molecule has 0 bridgehead atoms. The monoisotopic (exact) mass is 256 g/mol. The Balaban J connectivity index is 1.97. The molecule has 1 aromatic carbocycles. The lowest BCUT2D eigenvalue weighted by atomic mass is 9.85. The minimum atomic E-state index is -0.0567. The Morgan fingerprint density at radius 3 is 3.00 bits per heavy atom. The van der Waals surface area contributed by atoms with Crippen LogP contribution < -0.4 is 16.0 Å². The molecule has 0 aliphatic carbocycles. The lowest BCUT2D eigenvalue weighted by Crippen LogP contribution is -2.35. The van der Waals surface area contributed by atoms with E-state index in [1.807, 2.05) is 18.2 Å². The lowest BCUT2D eigenvalue weighted by Gasteiger charge is -2.31. The van der Waals surface area contributed by atoms with E-state index in [-0.39, 0.29) is 12.0 Å². The van der Waals surface area contributed by atoms with Crippen molar-refractivity contribution in [2.45, 2.75) is 18.4 Å². The van der Waals surface area contributed by atoms with Gasteiger partial charge in [0.25, 0.3) is 0 Å². The van der Waals surface area contributed by atoms with Gasteiger partial charge in [-0.05, 0) is 18.1 Å². The summed E-state index contributed by atoms with van der Waals surface area (Å²) in [4.78, 5) is 8.47. The summed E-state index contributed by atoms with van der Waals surface area (Å²) in [7, 11) is 0. The van der Waals surface area contributed by atoms with Crippen molar-refractivity contribution in [1.29, 1.82) is 0 Å². The average molecular weight is 256 g/mol. The molecule has 1 aromatic heterocycles. The van der Waals surface area contributed by atoms with Crippen LogP contribution in [0.25, 0.3) is 0 Å². The number of hydrogen-bond acceptors (Lipinski definition) is 5. The molecule has 2 unspecified atom stereocenters. The summed E-state index contributed by atoms with van der Waals surface area (Å²) >= 11 is 0. The standard InChI is InChI=1S/C14H16N4O/c15-18-14(12-9-16-6-7-17-12)11-5-8-19-13-4-2-1-3-10(11)13/h1-4,6-7,9,11,14,18H,5,8,15H2. The van der Waals surface area contributed by atoms with Crippen LogP contribution in [0.1, 0.15) is 29.6 Å². The number of benzene rings is 1. The third-order valence-electron chi connectivity index (χ3n) is 3.49. The molecule has 0 saturated carbocycles. The second kappa shape index (κ2) is 5.34. The summed E-state index contributed by atoms with van der Waals surface area (Å²) in [5.74, 6) is 6.91. The largest absolute Gasteiger partial charge is 0.493 e. The van der Waals surface area contributed by atoms with E-state index in [1.165, 1.54) is 5.56 Å². The first-order valence-corrected chi connectivity index (χ1v) is 6.34. The molecule has 98 valence electrons. The molecule has 0 spiro atoms. The predicted octanol–water partition coefficient (Wildman–Crippen LogP) is 1.55. The second-order valence-corrected chi connectivity index (χ2v) is 4.56. The molecule has 19 heavy (non-hydrogen) atoms. The SMILES string of the molecule is NNC(c1cnccn1)C1CCOc2ccccc21. The third kappa shape index (κ3) is 2.30. The Hall–Kier alpha value is -1.98. The fraction of sp³-hybridized carbons (Fsp3) is 0.286. The Morgan fingerprint density at radius 1 is 1.32 bits per heavy atom. The number of hydrogen-bond donors (Lipinski definition) is 2. The number of ether oxygens (including phenoxy) is 1.